The Morgan fingerprint density at radius 3 is 0.926 bits per heavy atom. The molecule has 0 aliphatic carbocycles. The molecular formula is C46H44O6P2. The van der Waals surface area contributed by atoms with E-state index in [9.17, 15) is 0 Å². The Labute approximate surface area is 321 Å². The smallest absolute Gasteiger partial charge is 0.409 e. The maximum atomic E-state index is 6.97. The minimum absolute atomic E-state index is 0.0560. The Bertz CT molecular complexity index is 1890. The zero-order chi connectivity index (χ0) is 37.9. The Kier molecular flexibility index (Phi) is 13.1. The van der Waals surface area contributed by atoms with Crippen LogP contribution in [-0.2, 0) is 0 Å². The van der Waals surface area contributed by atoms with Gasteiger partial charge in [0, 0.05) is 11.1 Å². The molecule has 0 bridgehead atoms. The lowest BCUT2D eigenvalue weighted by Crippen LogP contribution is -2.08. The third-order valence-electron chi connectivity index (χ3n) is 8.31. The molecule has 0 amide bonds. The molecule has 0 aliphatic rings. The first-order chi connectivity index (χ1) is 26.3. The van der Waals surface area contributed by atoms with E-state index in [-0.39, 0.29) is 11.8 Å². The average Bonchev–Trinajstić information content (AvgIpc) is 3.19. The van der Waals surface area contributed by atoms with Gasteiger partial charge in [-0.05, 0) is 107 Å². The van der Waals surface area contributed by atoms with E-state index in [1.165, 1.54) is 0 Å². The predicted octanol–water partition coefficient (Wildman–Crippen LogP) is 14.4. The zero-order valence-electron chi connectivity index (χ0n) is 30.9. The maximum absolute atomic E-state index is 6.97. The summed E-state index contributed by atoms with van der Waals surface area (Å²) in [5, 5.41) is 0. The fourth-order valence-corrected chi connectivity index (χ4v) is 7.68. The molecular weight excluding hydrogens is 710 g/mol. The van der Waals surface area contributed by atoms with Crippen LogP contribution in [0.4, 0.5) is 0 Å². The van der Waals surface area contributed by atoms with E-state index in [0.717, 1.165) is 33.4 Å². The highest BCUT2D eigenvalue weighted by atomic mass is 31.2. The van der Waals surface area contributed by atoms with Crippen molar-refractivity contribution >= 4 is 29.4 Å². The topological polar surface area (TPSA) is 55.4 Å². The summed E-state index contributed by atoms with van der Waals surface area (Å²) in [6.45, 7) is 16.8. The van der Waals surface area contributed by atoms with Gasteiger partial charge < -0.3 is 27.1 Å². The fourth-order valence-electron chi connectivity index (χ4n) is 5.58. The summed E-state index contributed by atoms with van der Waals surface area (Å²) in [6.07, 6.45) is 3.68. The van der Waals surface area contributed by atoms with Gasteiger partial charge in [-0.15, -0.1) is 0 Å². The van der Waals surface area contributed by atoms with Crippen LogP contribution in [0.1, 0.15) is 61.8 Å². The summed E-state index contributed by atoms with van der Waals surface area (Å²) in [7, 11) is -4.02. The van der Waals surface area contributed by atoms with E-state index in [4.69, 9.17) is 27.1 Å². The van der Waals surface area contributed by atoms with Crippen molar-refractivity contribution in [3.63, 3.8) is 0 Å². The molecule has 54 heavy (non-hydrogen) atoms. The summed E-state index contributed by atoms with van der Waals surface area (Å²) in [6, 6.07) is 46.5. The Hall–Kier alpha value is -5.54. The third kappa shape index (κ3) is 9.90. The summed E-state index contributed by atoms with van der Waals surface area (Å²) in [5.41, 5.74) is 5.28. The second-order valence-corrected chi connectivity index (χ2v) is 14.9. The van der Waals surface area contributed by atoms with Crippen molar-refractivity contribution in [1.29, 1.82) is 0 Å². The number of benzene rings is 6. The monoisotopic (exact) mass is 754 g/mol. The highest BCUT2D eigenvalue weighted by Crippen LogP contribution is 2.53. The Morgan fingerprint density at radius 2 is 0.685 bits per heavy atom. The van der Waals surface area contributed by atoms with Crippen LogP contribution < -0.4 is 27.1 Å². The quantitative estimate of drug-likeness (QED) is 0.0864. The fraction of sp³-hybridized carbons (Fsp3) is 0.130. The van der Waals surface area contributed by atoms with Crippen LogP contribution in [0.5, 0.6) is 34.5 Å². The highest BCUT2D eigenvalue weighted by molar-refractivity contribution is 7.43. The predicted molar refractivity (Wildman–Crippen MR) is 224 cm³/mol. The molecule has 0 aliphatic heterocycles. The number of hydrogen-bond acceptors (Lipinski definition) is 6. The zero-order valence-corrected chi connectivity index (χ0v) is 32.7. The lowest BCUT2D eigenvalue weighted by molar-refractivity contribution is 0.383. The number of hydrogen-bond donors (Lipinski definition) is 0. The molecule has 0 unspecified atom stereocenters. The summed E-state index contributed by atoms with van der Waals surface area (Å²) < 4.78 is 39.8. The van der Waals surface area contributed by atoms with E-state index in [0.29, 0.717) is 34.5 Å². The van der Waals surface area contributed by atoms with E-state index in [1.54, 1.807) is 0 Å². The number of para-hydroxylation sites is 4. The first kappa shape index (κ1) is 38.2. The van der Waals surface area contributed by atoms with Gasteiger partial charge in [0.2, 0.25) is 0 Å². The van der Waals surface area contributed by atoms with Gasteiger partial charge in [-0.3, -0.25) is 0 Å². The molecule has 0 heterocycles. The van der Waals surface area contributed by atoms with Gasteiger partial charge in [-0.25, -0.2) is 0 Å². The first-order valence-corrected chi connectivity index (χ1v) is 20.0. The van der Waals surface area contributed by atoms with Crippen LogP contribution in [0.3, 0.4) is 0 Å². The summed E-state index contributed by atoms with van der Waals surface area (Å²) >= 11 is 0. The SMILES string of the molecule is C=Cc1cc(-c2cc(C=C)cc(C(C)C)c2OP(Oc2ccccc2)Oc2ccccc2)c(OP(Oc2ccccc2)Oc2ccccc2)c(C(C)C)c1. The van der Waals surface area contributed by atoms with Crippen molar-refractivity contribution in [2.24, 2.45) is 0 Å². The van der Waals surface area contributed by atoms with Crippen molar-refractivity contribution < 1.29 is 27.1 Å². The highest BCUT2D eigenvalue weighted by Gasteiger charge is 2.30. The Morgan fingerprint density at radius 1 is 0.407 bits per heavy atom. The molecule has 0 aromatic heterocycles. The molecule has 0 saturated heterocycles. The van der Waals surface area contributed by atoms with E-state index in [1.807, 2.05) is 133 Å². The lowest BCUT2D eigenvalue weighted by atomic mass is 9.89. The minimum atomic E-state index is -2.01. The largest absolute Gasteiger partial charge is 0.530 e. The van der Waals surface area contributed by atoms with Crippen LogP contribution in [0, 0.1) is 0 Å². The van der Waals surface area contributed by atoms with E-state index < -0.39 is 17.2 Å². The number of rotatable bonds is 17. The summed E-state index contributed by atoms with van der Waals surface area (Å²) in [5.74, 6) is 3.81. The first-order valence-electron chi connectivity index (χ1n) is 17.8. The standard InChI is InChI=1S/C46H44O6P2/c1-7-35-29-41(33(3)4)45(51-53(47-37-21-13-9-14-22-37)48-38-23-15-10-16-24-38)43(31-35)44-32-36(8-2)30-42(34(5)6)46(44)52-54(49-39-25-17-11-18-26-39)50-40-27-19-12-20-28-40/h7-34H,1-2H2,3-6H3. The third-order valence-corrected chi connectivity index (χ3v) is 10.4. The van der Waals surface area contributed by atoms with Crippen molar-refractivity contribution in [1.82, 2.24) is 0 Å². The van der Waals surface area contributed by atoms with Gasteiger partial charge >= 0.3 is 17.2 Å². The van der Waals surface area contributed by atoms with Crippen LogP contribution in [0.25, 0.3) is 23.3 Å². The van der Waals surface area contributed by atoms with Crippen molar-refractivity contribution in [2.45, 2.75) is 39.5 Å². The average molecular weight is 755 g/mol. The molecule has 274 valence electrons. The van der Waals surface area contributed by atoms with E-state index in [2.05, 4.69) is 65.1 Å². The second kappa shape index (κ2) is 18.5. The van der Waals surface area contributed by atoms with Crippen LogP contribution in [-0.4, -0.2) is 0 Å². The Balaban J connectivity index is 1.54. The minimum Gasteiger partial charge on any atom is -0.409 e. The van der Waals surface area contributed by atoms with Gasteiger partial charge in [0.1, 0.15) is 34.5 Å². The molecule has 0 radical (unpaired) electrons. The van der Waals surface area contributed by atoms with Gasteiger partial charge in [-0.2, -0.15) is 0 Å². The lowest BCUT2D eigenvalue weighted by Gasteiger charge is -2.26. The molecule has 0 spiro atoms. The molecule has 6 aromatic carbocycles. The van der Waals surface area contributed by atoms with Gasteiger partial charge in [-0.1, -0.05) is 126 Å². The van der Waals surface area contributed by atoms with Crippen molar-refractivity contribution in [3.05, 3.63) is 181 Å². The summed E-state index contributed by atoms with van der Waals surface area (Å²) in [4.78, 5) is 0. The van der Waals surface area contributed by atoms with E-state index >= 15 is 0 Å². The molecule has 0 saturated carbocycles. The normalized spacial score (nSPS) is 11.0. The molecule has 0 atom stereocenters. The van der Waals surface area contributed by atoms with Crippen LogP contribution in [0.2, 0.25) is 0 Å². The molecule has 0 N–H and O–H groups in total. The molecule has 8 heteroatoms. The van der Waals surface area contributed by atoms with Crippen molar-refractivity contribution in [2.75, 3.05) is 0 Å². The van der Waals surface area contributed by atoms with Gasteiger partial charge in [0.25, 0.3) is 0 Å². The molecule has 0 fully saturated rings. The van der Waals surface area contributed by atoms with Crippen LogP contribution in [0.15, 0.2) is 159 Å². The molecule has 6 rings (SSSR count). The molecule has 6 nitrogen and oxygen atoms in total. The maximum Gasteiger partial charge on any atom is 0.530 e. The van der Waals surface area contributed by atoms with Crippen LogP contribution >= 0.6 is 17.2 Å². The van der Waals surface area contributed by atoms with Gasteiger partial charge in [0.15, 0.2) is 0 Å². The van der Waals surface area contributed by atoms with Gasteiger partial charge in [0.05, 0.1) is 0 Å². The van der Waals surface area contributed by atoms with Crippen molar-refractivity contribution in [3.8, 4) is 45.6 Å². The second-order valence-electron chi connectivity index (χ2n) is 12.9. The molecule has 6 aromatic rings.